The van der Waals surface area contributed by atoms with Crippen LogP contribution in [0.3, 0.4) is 0 Å². The molecule has 1 aliphatic heterocycles. The summed E-state index contributed by atoms with van der Waals surface area (Å²) in [7, 11) is 0. The highest BCUT2D eigenvalue weighted by Crippen LogP contribution is 2.21. The van der Waals surface area contributed by atoms with E-state index < -0.39 is 11.7 Å². The Kier molecular flexibility index (Phi) is 6.09. The predicted octanol–water partition coefficient (Wildman–Crippen LogP) is 3.51. The van der Waals surface area contributed by atoms with Crippen molar-refractivity contribution in [3.8, 4) is 0 Å². The Bertz CT molecular complexity index is 633. The van der Waals surface area contributed by atoms with Gasteiger partial charge >= 0.3 is 6.09 Å². The maximum absolute atomic E-state index is 12.5. The van der Waals surface area contributed by atoms with E-state index in [9.17, 15) is 9.59 Å². The Morgan fingerprint density at radius 1 is 1.50 bits per heavy atom. The lowest BCUT2D eigenvalue weighted by atomic mass is 10.2. The van der Waals surface area contributed by atoms with Crippen molar-refractivity contribution in [2.24, 2.45) is 0 Å². The first-order valence-corrected chi connectivity index (χ1v) is 8.89. The number of ether oxygens (including phenoxy) is 1. The smallest absolute Gasteiger partial charge is 0.410 e. The molecule has 8 heteroatoms. The van der Waals surface area contributed by atoms with E-state index in [0.29, 0.717) is 29.1 Å². The van der Waals surface area contributed by atoms with Gasteiger partial charge in [0.05, 0.1) is 6.54 Å². The number of hydrogen-bond acceptors (Lipinski definition) is 4. The van der Waals surface area contributed by atoms with Crippen LogP contribution in [-0.4, -0.2) is 40.1 Å². The standard InChI is InChI=1S/C16H21BrClN3O3/c1-16(2,3)24-15(23)21(9-11-5-7-13(22)19-11)8-10-4-6-12(17)20-14(10)18/h4,6,11H,5,7-9H2,1-3H3,(H,19,22)/t11-/m0/s1. The van der Waals surface area contributed by atoms with Gasteiger partial charge in [-0.05, 0) is 49.2 Å². The first-order chi connectivity index (χ1) is 11.1. The highest BCUT2D eigenvalue weighted by Gasteiger charge is 2.28. The molecule has 1 aromatic rings. The van der Waals surface area contributed by atoms with Gasteiger partial charge in [-0.3, -0.25) is 4.79 Å². The van der Waals surface area contributed by atoms with Crippen LogP contribution in [-0.2, 0) is 16.1 Å². The van der Waals surface area contributed by atoms with Crippen molar-refractivity contribution in [3.05, 3.63) is 27.5 Å². The minimum atomic E-state index is -0.601. The molecule has 1 aromatic heterocycles. The van der Waals surface area contributed by atoms with E-state index in [4.69, 9.17) is 16.3 Å². The Hall–Kier alpha value is -1.34. The molecule has 2 heterocycles. The molecule has 1 saturated heterocycles. The molecule has 0 aliphatic carbocycles. The second-order valence-electron chi connectivity index (χ2n) is 6.75. The van der Waals surface area contributed by atoms with Crippen LogP contribution in [0.25, 0.3) is 0 Å². The lowest BCUT2D eigenvalue weighted by Gasteiger charge is -2.29. The van der Waals surface area contributed by atoms with Crippen LogP contribution in [0.5, 0.6) is 0 Å². The maximum atomic E-state index is 12.5. The molecule has 1 aliphatic rings. The van der Waals surface area contributed by atoms with Crippen molar-refractivity contribution in [2.75, 3.05) is 6.54 Å². The Balaban J connectivity index is 2.14. The first kappa shape index (κ1) is 19.0. The van der Waals surface area contributed by atoms with Crippen LogP contribution in [0.4, 0.5) is 4.79 Å². The zero-order chi connectivity index (χ0) is 17.9. The van der Waals surface area contributed by atoms with E-state index in [1.165, 1.54) is 0 Å². The van der Waals surface area contributed by atoms with Crippen molar-refractivity contribution < 1.29 is 14.3 Å². The Morgan fingerprint density at radius 2 is 2.21 bits per heavy atom. The van der Waals surface area contributed by atoms with Crippen LogP contribution in [0.15, 0.2) is 16.7 Å². The molecule has 0 bridgehead atoms. The second kappa shape index (κ2) is 7.70. The van der Waals surface area contributed by atoms with Gasteiger partial charge in [-0.25, -0.2) is 9.78 Å². The molecule has 2 rings (SSSR count). The maximum Gasteiger partial charge on any atom is 0.410 e. The summed E-state index contributed by atoms with van der Waals surface area (Å²) in [5.41, 5.74) is 0.116. The average molecular weight is 419 g/mol. The van der Waals surface area contributed by atoms with Gasteiger partial charge in [-0.2, -0.15) is 0 Å². The number of carbonyl (C=O) groups is 2. The summed E-state index contributed by atoms with van der Waals surface area (Å²) >= 11 is 9.42. The van der Waals surface area contributed by atoms with Gasteiger partial charge in [0.25, 0.3) is 0 Å². The third-order valence-electron chi connectivity index (χ3n) is 3.43. The van der Waals surface area contributed by atoms with Gasteiger partial charge in [-0.1, -0.05) is 17.7 Å². The summed E-state index contributed by atoms with van der Waals surface area (Å²) in [5, 5.41) is 3.19. The summed E-state index contributed by atoms with van der Waals surface area (Å²) in [4.78, 5) is 29.6. The van der Waals surface area contributed by atoms with E-state index >= 15 is 0 Å². The van der Waals surface area contributed by atoms with Crippen LogP contribution in [0, 0.1) is 0 Å². The molecule has 0 radical (unpaired) electrons. The average Bonchev–Trinajstić information content (AvgIpc) is 2.84. The highest BCUT2D eigenvalue weighted by atomic mass is 79.9. The summed E-state index contributed by atoms with van der Waals surface area (Å²) < 4.78 is 6.10. The van der Waals surface area contributed by atoms with E-state index in [1.807, 2.05) is 26.8 Å². The van der Waals surface area contributed by atoms with E-state index in [-0.39, 0.29) is 18.5 Å². The second-order valence-corrected chi connectivity index (χ2v) is 7.92. The molecule has 0 unspecified atom stereocenters. The lowest BCUT2D eigenvalue weighted by Crippen LogP contribution is -2.43. The van der Waals surface area contributed by atoms with Gasteiger partial charge in [0.15, 0.2) is 0 Å². The molecule has 2 amide bonds. The molecular weight excluding hydrogens is 398 g/mol. The zero-order valence-corrected chi connectivity index (χ0v) is 16.3. The number of hydrogen-bond donors (Lipinski definition) is 1. The monoisotopic (exact) mass is 417 g/mol. The minimum Gasteiger partial charge on any atom is -0.444 e. The fourth-order valence-electron chi connectivity index (χ4n) is 2.37. The molecule has 1 fully saturated rings. The summed E-state index contributed by atoms with van der Waals surface area (Å²) in [6.45, 7) is 6.07. The van der Waals surface area contributed by atoms with E-state index in [1.54, 1.807) is 11.0 Å². The Labute approximate surface area is 155 Å². The first-order valence-electron chi connectivity index (χ1n) is 7.72. The number of nitrogens with one attached hydrogen (secondary N) is 1. The van der Waals surface area contributed by atoms with Gasteiger partial charge in [-0.15, -0.1) is 0 Å². The third kappa shape index (κ3) is 5.63. The van der Waals surface area contributed by atoms with Gasteiger partial charge in [0.1, 0.15) is 15.4 Å². The molecule has 0 aromatic carbocycles. The topological polar surface area (TPSA) is 71.5 Å². The predicted molar refractivity (Wildman–Crippen MR) is 94.8 cm³/mol. The SMILES string of the molecule is CC(C)(C)OC(=O)N(Cc1ccc(Br)nc1Cl)C[C@@H]1CCC(=O)N1. The minimum absolute atomic E-state index is 0.00693. The summed E-state index contributed by atoms with van der Waals surface area (Å²) in [6, 6.07) is 3.50. The molecular formula is C16H21BrClN3O3. The lowest BCUT2D eigenvalue weighted by molar-refractivity contribution is -0.119. The summed E-state index contributed by atoms with van der Waals surface area (Å²) in [5.74, 6) is 0.00693. The van der Waals surface area contributed by atoms with Gasteiger partial charge < -0.3 is 15.0 Å². The van der Waals surface area contributed by atoms with Crippen molar-refractivity contribution in [2.45, 2.75) is 51.8 Å². The third-order valence-corrected chi connectivity index (χ3v) is 4.20. The number of halogens is 2. The number of amides is 2. The molecule has 1 atom stereocenters. The van der Waals surface area contributed by atoms with Gasteiger partial charge in [0.2, 0.25) is 5.91 Å². The molecule has 24 heavy (non-hydrogen) atoms. The van der Waals surface area contributed by atoms with Crippen LogP contribution < -0.4 is 5.32 Å². The molecule has 0 spiro atoms. The van der Waals surface area contributed by atoms with Crippen molar-refractivity contribution in [1.82, 2.24) is 15.2 Å². The fourth-order valence-corrected chi connectivity index (χ4v) is 3.00. The van der Waals surface area contributed by atoms with Crippen LogP contribution >= 0.6 is 27.5 Å². The quantitative estimate of drug-likeness (QED) is 0.760. The number of pyridine rings is 1. The normalized spacial score (nSPS) is 17.5. The van der Waals surface area contributed by atoms with E-state index in [2.05, 4.69) is 26.2 Å². The van der Waals surface area contributed by atoms with Crippen molar-refractivity contribution >= 4 is 39.5 Å². The molecule has 6 nitrogen and oxygen atoms in total. The summed E-state index contributed by atoms with van der Waals surface area (Å²) in [6.07, 6.45) is 0.736. The number of rotatable bonds is 4. The highest BCUT2D eigenvalue weighted by molar-refractivity contribution is 9.10. The Morgan fingerprint density at radius 3 is 2.75 bits per heavy atom. The van der Waals surface area contributed by atoms with Crippen LogP contribution in [0.2, 0.25) is 5.15 Å². The molecule has 0 saturated carbocycles. The molecule has 132 valence electrons. The number of nitrogens with zero attached hydrogens (tertiary/aromatic N) is 2. The number of carbonyl (C=O) groups excluding carboxylic acids is 2. The van der Waals surface area contributed by atoms with Crippen LogP contribution in [0.1, 0.15) is 39.2 Å². The van der Waals surface area contributed by atoms with Crippen molar-refractivity contribution in [1.29, 1.82) is 0 Å². The number of aromatic nitrogens is 1. The van der Waals surface area contributed by atoms with Gasteiger partial charge in [0, 0.05) is 24.6 Å². The fraction of sp³-hybridized carbons (Fsp3) is 0.562. The van der Waals surface area contributed by atoms with Crippen molar-refractivity contribution in [3.63, 3.8) is 0 Å². The molecule has 1 N–H and O–H groups in total. The van der Waals surface area contributed by atoms with E-state index in [0.717, 1.165) is 5.56 Å². The largest absolute Gasteiger partial charge is 0.444 e. The zero-order valence-electron chi connectivity index (χ0n) is 13.9.